The lowest BCUT2D eigenvalue weighted by molar-refractivity contribution is 0.407. The number of rotatable bonds is 5. The first-order valence-corrected chi connectivity index (χ1v) is 7.03. The summed E-state index contributed by atoms with van der Waals surface area (Å²) in [5, 5.41) is 4.06. The summed E-state index contributed by atoms with van der Waals surface area (Å²) in [6.45, 7) is 1.49. The Morgan fingerprint density at radius 2 is 2.00 bits per heavy atom. The minimum absolute atomic E-state index is 0.708. The first-order valence-electron chi connectivity index (χ1n) is 5.46. The van der Waals surface area contributed by atoms with E-state index in [9.17, 15) is 0 Å². The first-order chi connectivity index (χ1) is 8.69. The normalized spacial score (nSPS) is 10.6. The van der Waals surface area contributed by atoms with Crippen molar-refractivity contribution in [2.24, 2.45) is 0 Å². The predicted molar refractivity (Wildman–Crippen MR) is 77.9 cm³/mol. The highest BCUT2D eigenvalue weighted by Gasteiger charge is 2.04. The van der Waals surface area contributed by atoms with Crippen molar-refractivity contribution < 1.29 is 4.74 Å². The highest BCUT2D eigenvalue weighted by atomic mass is 35.5. The van der Waals surface area contributed by atoms with Crippen LogP contribution in [-0.4, -0.2) is 7.11 Å². The second-order valence-electron chi connectivity index (χ2n) is 3.77. The molecule has 2 rings (SSSR count). The molecular formula is C13H13Cl2NOS. The molecular weight excluding hydrogens is 289 g/mol. The summed E-state index contributed by atoms with van der Waals surface area (Å²) in [4.78, 5) is 1.21. The highest BCUT2D eigenvalue weighted by molar-refractivity contribution is 7.16. The molecule has 0 bridgehead atoms. The fraction of sp³-hybridized carbons (Fsp3) is 0.231. The van der Waals surface area contributed by atoms with Gasteiger partial charge < -0.3 is 10.1 Å². The Labute approximate surface area is 120 Å². The van der Waals surface area contributed by atoms with Gasteiger partial charge in [0.15, 0.2) is 0 Å². The van der Waals surface area contributed by atoms with E-state index in [1.165, 1.54) is 4.88 Å². The average molecular weight is 302 g/mol. The standard InChI is InChI=1S/C13H13Cl2NOS/c1-17-12-4-2-10(14)6-9(12)7-16-8-11-3-5-13(15)18-11/h2-6,16H,7-8H2,1H3. The maximum atomic E-state index is 5.97. The first kappa shape index (κ1) is 13.7. The van der Waals surface area contributed by atoms with E-state index < -0.39 is 0 Å². The van der Waals surface area contributed by atoms with E-state index in [2.05, 4.69) is 5.32 Å². The Morgan fingerprint density at radius 1 is 1.17 bits per heavy atom. The Kier molecular flexibility index (Phi) is 4.89. The van der Waals surface area contributed by atoms with E-state index in [4.69, 9.17) is 27.9 Å². The van der Waals surface area contributed by atoms with Gasteiger partial charge in [0.1, 0.15) is 5.75 Å². The maximum Gasteiger partial charge on any atom is 0.123 e. The molecule has 0 fully saturated rings. The predicted octanol–water partition coefficient (Wildman–Crippen LogP) is 4.35. The van der Waals surface area contributed by atoms with Crippen LogP contribution in [-0.2, 0) is 13.1 Å². The van der Waals surface area contributed by atoms with Gasteiger partial charge in [-0.1, -0.05) is 23.2 Å². The van der Waals surface area contributed by atoms with Gasteiger partial charge in [-0.05, 0) is 30.3 Å². The Balaban J connectivity index is 1.95. The zero-order valence-electron chi connectivity index (χ0n) is 9.87. The number of ether oxygens (including phenoxy) is 1. The number of methoxy groups -OCH3 is 1. The van der Waals surface area contributed by atoms with Gasteiger partial charge in [-0.15, -0.1) is 11.3 Å². The molecule has 0 spiro atoms. The van der Waals surface area contributed by atoms with Gasteiger partial charge in [0.25, 0.3) is 0 Å². The third kappa shape index (κ3) is 3.62. The van der Waals surface area contributed by atoms with E-state index in [0.29, 0.717) is 11.6 Å². The molecule has 2 nitrogen and oxygen atoms in total. The molecule has 0 amide bonds. The summed E-state index contributed by atoms with van der Waals surface area (Å²) in [6, 6.07) is 9.54. The van der Waals surface area contributed by atoms with E-state index in [1.54, 1.807) is 18.4 Å². The average Bonchev–Trinajstić information content (AvgIpc) is 2.75. The minimum Gasteiger partial charge on any atom is -0.496 e. The molecule has 5 heteroatoms. The zero-order valence-corrected chi connectivity index (χ0v) is 12.2. The molecule has 0 saturated carbocycles. The minimum atomic E-state index is 0.708. The quantitative estimate of drug-likeness (QED) is 0.886. The third-order valence-electron chi connectivity index (χ3n) is 2.49. The molecule has 96 valence electrons. The lowest BCUT2D eigenvalue weighted by Gasteiger charge is -2.09. The number of halogens is 2. The van der Waals surface area contributed by atoms with Gasteiger partial charge in [-0.2, -0.15) is 0 Å². The SMILES string of the molecule is COc1ccc(Cl)cc1CNCc1ccc(Cl)s1. The molecule has 1 aromatic heterocycles. The van der Waals surface area contributed by atoms with Crippen LogP contribution < -0.4 is 10.1 Å². The van der Waals surface area contributed by atoms with Crippen LogP contribution in [0.4, 0.5) is 0 Å². The smallest absolute Gasteiger partial charge is 0.123 e. The molecule has 18 heavy (non-hydrogen) atoms. The number of thiophene rings is 1. The molecule has 1 aromatic carbocycles. The molecule has 2 aromatic rings. The topological polar surface area (TPSA) is 21.3 Å². The zero-order chi connectivity index (χ0) is 13.0. The van der Waals surface area contributed by atoms with Crippen LogP contribution in [0.5, 0.6) is 5.75 Å². The van der Waals surface area contributed by atoms with Crippen LogP contribution in [0.2, 0.25) is 9.36 Å². The van der Waals surface area contributed by atoms with Crippen LogP contribution in [0.1, 0.15) is 10.4 Å². The van der Waals surface area contributed by atoms with Crippen molar-refractivity contribution >= 4 is 34.5 Å². The van der Waals surface area contributed by atoms with Crippen LogP contribution in [0.15, 0.2) is 30.3 Å². The summed E-state index contributed by atoms with van der Waals surface area (Å²) in [5.41, 5.74) is 1.05. The van der Waals surface area contributed by atoms with E-state index in [-0.39, 0.29) is 0 Å². The summed E-state index contributed by atoms with van der Waals surface area (Å²) >= 11 is 13.4. The Morgan fingerprint density at radius 3 is 2.67 bits per heavy atom. The second kappa shape index (κ2) is 6.43. The number of hydrogen-bond donors (Lipinski definition) is 1. The van der Waals surface area contributed by atoms with Crippen molar-refractivity contribution in [1.82, 2.24) is 5.32 Å². The summed E-state index contributed by atoms with van der Waals surface area (Å²) < 4.78 is 6.10. The van der Waals surface area contributed by atoms with Crippen molar-refractivity contribution in [1.29, 1.82) is 0 Å². The Bertz CT molecular complexity index is 527. The summed E-state index contributed by atoms with van der Waals surface area (Å²) in [6.07, 6.45) is 0. The van der Waals surface area contributed by atoms with Crippen molar-refractivity contribution in [3.8, 4) is 5.75 Å². The molecule has 1 N–H and O–H groups in total. The van der Waals surface area contributed by atoms with Gasteiger partial charge in [0.05, 0.1) is 11.4 Å². The molecule has 1 heterocycles. The van der Waals surface area contributed by atoms with E-state index >= 15 is 0 Å². The summed E-state index contributed by atoms with van der Waals surface area (Å²) in [5.74, 6) is 0.844. The van der Waals surface area contributed by atoms with Gasteiger partial charge in [-0.3, -0.25) is 0 Å². The van der Waals surface area contributed by atoms with E-state index in [1.807, 2.05) is 30.3 Å². The van der Waals surface area contributed by atoms with Crippen molar-refractivity contribution in [2.75, 3.05) is 7.11 Å². The van der Waals surface area contributed by atoms with Crippen molar-refractivity contribution in [3.63, 3.8) is 0 Å². The molecule has 0 radical (unpaired) electrons. The number of benzene rings is 1. The molecule has 0 aliphatic heterocycles. The monoisotopic (exact) mass is 301 g/mol. The molecule has 0 aliphatic carbocycles. The molecule has 0 aliphatic rings. The lowest BCUT2D eigenvalue weighted by Crippen LogP contribution is -2.12. The van der Waals surface area contributed by atoms with Crippen LogP contribution in [0, 0.1) is 0 Å². The molecule has 0 saturated heterocycles. The van der Waals surface area contributed by atoms with Crippen LogP contribution in [0.3, 0.4) is 0 Å². The van der Waals surface area contributed by atoms with Gasteiger partial charge in [0, 0.05) is 28.6 Å². The molecule has 0 atom stereocenters. The third-order valence-corrected chi connectivity index (χ3v) is 3.95. The fourth-order valence-electron chi connectivity index (χ4n) is 1.65. The largest absolute Gasteiger partial charge is 0.496 e. The van der Waals surface area contributed by atoms with Gasteiger partial charge in [-0.25, -0.2) is 0 Å². The van der Waals surface area contributed by atoms with Gasteiger partial charge >= 0.3 is 0 Å². The highest BCUT2D eigenvalue weighted by Crippen LogP contribution is 2.23. The molecule has 0 unspecified atom stereocenters. The Hall–Kier alpha value is -0.740. The second-order valence-corrected chi connectivity index (χ2v) is 6.00. The van der Waals surface area contributed by atoms with Crippen molar-refractivity contribution in [2.45, 2.75) is 13.1 Å². The lowest BCUT2D eigenvalue weighted by atomic mass is 10.2. The van der Waals surface area contributed by atoms with Crippen LogP contribution >= 0.6 is 34.5 Å². The fourth-order valence-corrected chi connectivity index (χ4v) is 2.90. The van der Waals surface area contributed by atoms with Gasteiger partial charge in [0.2, 0.25) is 0 Å². The number of hydrogen-bond acceptors (Lipinski definition) is 3. The number of nitrogens with one attached hydrogen (secondary N) is 1. The maximum absolute atomic E-state index is 5.97. The van der Waals surface area contributed by atoms with Crippen molar-refractivity contribution in [3.05, 3.63) is 50.1 Å². The van der Waals surface area contributed by atoms with E-state index in [0.717, 1.165) is 22.2 Å². The van der Waals surface area contributed by atoms with Crippen LogP contribution in [0.25, 0.3) is 0 Å². The summed E-state index contributed by atoms with van der Waals surface area (Å²) in [7, 11) is 1.66.